The van der Waals surface area contributed by atoms with E-state index in [4.69, 9.17) is 5.84 Å². The van der Waals surface area contributed by atoms with Gasteiger partial charge in [0.1, 0.15) is 5.82 Å². The Morgan fingerprint density at radius 2 is 2.06 bits per heavy atom. The van der Waals surface area contributed by atoms with Crippen molar-refractivity contribution in [2.75, 3.05) is 11.5 Å². The number of rotatable bonds is 6. The van der Waals surface area contributed by atoms with E-state index in [0.29, 0.717) is 5.92 Å². The Hall–Kier alpha value is -0.580. The first-order valence-electron chi connectivity index (χ1n) is 5.84. The fourth-order valence-corrected chi connectivity index (χ4v) is 2.75. The quantitative estimate of drug-likeness (QED) is 0.607. The van der Waals surface area contributed by atoms with E-state index in [1.807, 2.05) is 18.7 Å². The number of hydrazine groups is 1. The highest BCUT2D eigenvalue weighted by atomic mass is 32.2. The highest BCUT2D eigenvalue weighted by molar-refractivity contribution is 7.99. The Bertz CT molecular complexity index is 355. The first kappa shape index (κ1) is 14.5. The maximum atomic E-state index is 13.2. The fourth-order valence-electron chi connectivity index (χ4n) is 1.64. The van der Waals surface area contributed by atoms with Gasteiger partial charge in [0, 0.05) is 5.75 Å². The summed E-state index contributed by atoms with van der Waals surface area (Å²) in [6.07, 6.45) is 0. The summed E-state index contributed by atoms with van der Waals surface area (Å²) in [6, 6.07) is 4.85. The zero-order valence-corrected chi connectivity index (χ0v) is 11.5. The first-order chi connectivity index (χ1) is 8.04. The highest BCUT2D eigenvalue weighted by Crippen LogP contribution is 2.23. The van der Waals surface area contributed by atoms with Gasteiger partial charge in [0.05, 0.1) is 6.04 Å². The summed E-state index contributed by atoms with van der Waals surface area (Å²) in [4.78, 5) is 0. The molecular formula is C13H21FN2S. The van der Waals surface area contributed by atoms with Crippen molar-refractivity contribution >= 4 is 11.8 Å². The molecule has 1 aromatic carbocycles. The summed E-state index contributed by atoms with van der Waals surface area (Å²) in [5.41, 5.74) is 4.79. The molecule has 3 N–H and O–H groups in total. The third kappa shape index (κ3) is 4.66. The summed E-state index contributed by atoms with van der Waals surface area (Å²) >= 11 is 1.84. The molecule has 1 aromatic rings. The predicted molar refractivity (Wildman–Crippen MR) is 73.4 cm³/mol. The van der Waals surface area contributed by atoms with E-state index >= 15 is 0 Å². The molecule has 0 saturated heterocycles. The van der Waals surface area contributed by atoms with Gasteiger partial charge < -0.3 is 0 Å². The molecule has 0 aromatic heterocycles. The number of nitrogens with two attached hydrogens (primary N) is 1. The highest BCUT2D eigenvalue weighted by Gasteiger charge is 2.13. The SMILES string of the molecule is Cc1ccc(F)cc1C(CSCC(C)C)NN. The zero-order valence-electron chi connectivity index (χ0n) is 10.7. The van der Waals surface area contributed by atoms with Crippen LogP contribution in [0.25, 0.3) is 0 Å². The van der Waals surface area contributed by atoms with Crippen molar-refractivity contribution in [1.82, 2.24) is 5.43 Å². The number of hydrogen-bond acceptors (Lipinski definition) is 3. The standard InChI is InChI=1S/C13H21FN2S/c1-9(2)7-17-8-13(16-15)12-6-11(14)5-4-10(12)3/h4-6,9,13,16H,7-8,15H2,1-3H3. The summed E-state index contributed by atoms with van der Waals surface area (Å²) in [5.74, 6) is 7.96. The molecule has 0 spiro atoms. The molecule has 0 bridgehead atoms. The first-order valence-corrected chi connectivity index (χ1v) is 7.00. The minimum atomic E-state index is -0.209. The number of benzene rings is 1. The molecule has 0 heterocycles. The molecule has 1 rings (SSSR count). The van der Waals surface area contributed by atoms with Crippen LogP contribution in [0.15, 0.2) is 18.2 Å². The van der Waals surface area contributed by atoms with Crippen molar-refractivity contribution < 1.29 is 4.39 Å². The van der Waals surface area contributed by atoms with E-state index in [-0.39, 0.29) is 11.9 Å². The van der Waals surface area contributed by atoms with Crippen molar-refractivity contribution in [2.45, 2.75) is 26.8 Å². The molecule has 0 saturated carbocycles. The number of nitrogens with one attached hydrogen (secondary N) is 1. The summed E-state index contributed by atoms with van der Waals surface area (Å²) in [6.45, 7) is 6.35. The van der Waals surface area contributed by atoms with Crippen molar-refractivity contribution in [3.63, 3.8) is 0 Å². The van der Waals surface area contributed by atoms with Crippen molar-refractivity contribution in [2.24, 2.45) is 11.8 Å². The van der Waals surface area contributed by atoms with Crippen LogP contribution < -0.4 is 11.3 Å². The topological polar surface area (TPSA) is 38.0 Å². The number of aryl methyl sites for hydroxylation is 1. The minimum Gasteiger partial charge on any atom is -0.271 e. The van der Waals surface area contributed by atoms with Crippen LogP contribution in [0.2, 0.25) is 0 Å². The second-order valence-electron chi connectivity index (χ2n) is 4.65. The van der Waals surface area contributed by atoms with Gasteiger partial charge in [-0.25, -0.2) is 4.39 Å². The lowest BCUT2D eigenvalue weighted by Gasteiger charge is -2.18. The largest absolute Gasteiger partial charge is 0.271 e. The smallest absolute Gasteiger partial charge is 0.123 e. The normalized spacial score (nSPS) is 13.1. The van der Waals surface area contributed by atoms with Crippen molar-refractivity contribution in [3.8, 4) is 0 Å². The molecule has 0 radical (unpaired) electrons. The molecule has 0 amide bonds. The lowest BCUT2D eigenvalue weighted by molar-refractivity contribution is 0.587. The summed E-state index contributed by atoms with van der Waals surface area (Å²) in [5, 5.41) is 0. The van der Waals surface area contributed by atoms with Gasteiger partial charge in [-0.3, -0.25) is 11.3 Å². The van der Waals surface area contributed by atoms with Gasteiger partial charge in [-0.2, -0.15) is 11.8 Å². The van der Waals surface area contributed by atoms with Crippen LogP contribution in [-0.4, -0.2) is 11.5 Å². The monoisotopic (exact) mass is 256 g/mol. The molecule has 0 fully saturated rings. The van der Waals surface area contributed by atoms with Gasteiger partial charge in [0.15, 0.2) is 0 Å². The van der Waals surface area contributed by atoms with Crippen LogP contribution in [0.4, 0.5) is 4.39 Å². The molecule has 0 aliphatic rings. The van der Waals surface area contributed by atoms with Crippen molar-refractivity contribution in [3.05, 3.63) is 35.1 Å². The maximum absolute atomic E-state index is 13.2. The van der Waals surface area contributed by atoms with Crippen LogP contribution in [0.1, 0.15) is 31.0 Å². The van der Waals surface area contributed by atoms with Gasteiger partial charge in [-0.15, -0.1) is 0 Å². The van der Waals surface area contributed by atoms with Crippen LogP contribution in [0.5, 0.6) is 0 Å². The molecule has 17 heavy (non-hydrogen) atoms. The van der Waals surface area contributed by atoms with Crippen molar-refractivity contribution in [1.29, 1.82) is 0 Å². The van der Waals surface area contributed by atoms with E-state index < -0.39 is 0 Å². The third-order valence-corrected chi connectivity index (χ3v) is 4.02. The maximum Gasteiger partial charge on any atom is 0.123 e. The second kappa shape index (κ2) is 6.99. The van der Waals surface area contributed by atoms with Gasteiger partial charge in [0.25, 0.3) is 0 Å². The van der Waals surface area contributed by atoms with E-state index in [2.05, 4.69) is 19.3 Å². The second-order valence-corrected chi connectivity index (χ2v) is 5.73. The lowest BCUT2D eigenvalue weighted by atomic mass is 10.0. The number of thioether (sulfide) groups is 1. The molecular weight excluding hydrogens is 235 g/mol. The lowest BCUT2D eigenvalue weighted by Crippen LogP contribution is -2.30. The predicted octanol–water partition coefficient (Wildman–Crippen LogP) is 3.03. The van der Waals surface area contributed by atoms with Gasteiger partial charge >= 0.3 is 0 Å². The average Bonchev–Trinajstić information content (AvgIpc) is 2.28. The minimum absolute atomic E-state index is 0.00875. The van der Waals surface area contributed by atoms with Gasteiger partial charge in [0.2, 0.25) is 0 Å². The Morgan fingerprint density at radius 3 is 2.65 bits per heavy atom. The summed E-state index contributed by atoms with van der Waals surface area (Å²) < 4.78 is 13.2. The number of halogens is 1. The van der Waals surface area contributed by atoms with Crippen LogP contribution in [0.3, 0.4) is 0 Å². The Labute approximate surface area is 107 Å². The fraction of sp³-hybridized carbons (Fsp3) is 0.538. The number of hydrogen-bond donors (Lipinski definition) is 2. The zero-order chi connectivity index (χ0) is 12.8. The molecule has 96 valence electrons. The molecule has 4 heteroatoms. The van der Waals surface area contributed by atoms with E-state index in [9.17, 15) is 4.39 Å². The van der Waals surface area contributed by atoms with E-state index in [1.165, 1.54) is 6.07 Å². The Kier molecular flexibility index (Phi) is 5.95. The summed E-state index contributed by atoms with van der Waals surface area (Å²) in [7, 11) is 0. The van der Waals surface area contributed by atoms with Gasteiger partial charge in [-0.05, 0) is 41.9 Å². The molecule has 1 unspecified atom stereocenters. The van der Waals surface area contributed by atoms with E-state index in [1.54, 1.807) is 12.1 Å². The molecule has 1 atom stereocenters. The molecule has 2 nitrogen and oxygen atoms in total. The third-order valence-electron chi connectivity index (χ3n) is 2.55. The molecule has 0 aliphatic heterocycles. The Morgan fingerprint density at radius 1 is 1.35 bits per heavy atom. The Balaban J connectivity index is 2.68. The van der Waals surface area contributed by atoms with Crippen LogP contribution in [-0.2, 0) is 0 Å². The van der Waals surface area contributed by atoms with Crippen LogP contribution >= 0.6 is 11.8 Å². The molecule has 0 aliphatic carbocycles. The average molecular weight is 256 g/mol. The van der Waals surface area contributed by atoms with Gasteiger partial charge in [-0.1, -0.05) is 19.9 Å². The van der Waals surface area contributed by atoms with E-state index in [0.717, 1.165) is 22.6 Å². The van der Waals surface area contributed by atoms with Crippen LogP contribution in [0, 0.1) is 18.7 Å².